The van der Waals surface area contributed by atoms with Crippen molar-refractivity contribution >= 4 is 17.5 Å². The Morgan fingerprint density at radius 2 is 1.71 bits per heavy atom. The summed E-state index contributed by atoms with van der Waals surface area (Å²) >= 11 is 0. The molecule has 2 N–H and O–H groups in total. The third kappa shape index (κ3) is 4.71. The second-order valence-corrected chi connectivity index (χ2v) is 7.52. The van der Waals surface area contributed by atoms with Crippen molar-refractivity contribution in [1.82, 2.24) is 5.32 Å². The molecule has 2 amide bonds. The molecule has 0 bridgehead atoms. The van der Waals surface area contributed by atoms with E-state index < -0.39 is 6.10 Å². The summed E-state index contributed by atoms with van der Waals surface area (Å²) in [5.74, 6) is 0.292. The molecule has 2 aromatic rings. The van der Waals surface area contributed by atoms with Crippen LogP contribution in [0.1, 0.15) is 55.1 Å². The van der Waals surface area contributed by atoms with Crippen LogP contribution >= 0.6 is 0 Å². The monoisotopic (exact) mass is 380 g/mol. The number of fused-ring (bicyclic) bond motifs is 1. The largest absolute Gasteiger partial charge is 0.481 e. The van der Waals surface area contributed by atoms with Crippen molar-refractivity contribution in [3.63, 3.8) is 0 Å². The Kier molecular flexibility index (Phi) is 6.34. The van der Waals surface area contributed by atoms with Gasteiger partial charge in [0.05, 0.1) is 11.3 Å². The summed E-state index contributed by atoms with van der Waals surface area (Å²) < 4.78 is 6.00. The molecule has 3 rings (SSSR count). The highest BCUT2D eigenvalue weighted by Gasteiger charge is 2.21. The summed E-state index contributed by atoms with van der Waals surface area (Å²) in [6, 6.07) is 13.1. The molecule has 5 nitrogen and oxygen atoms in total. The predicted octanol–water partition coefficient (Wildman–Crippen LogP) is 4.11. The van der Waals surface area contributed by atoms with E-state index in [1.165, 1.54) is 17.5 Å². The van der Waals surface area contributed by atoms with Gasteiger partial charge in [-0.05, 0) is 75.8 Å². The Labute approximate surface area is 166 Å². The summed E-state index contributed by atoms with van der Waals surface area (Å²) in [4.78, 5) is 25.1. The molecule has 0 fully saturated rings. The van der Waals surface area contributed by atoms with Gasteiger partial charge in [-0.3, -0.25) is 9.59 Å². The SMILES string of the molecule is CC(C)NC(=O)c1ccccc1NC(=O)[C@H](C)Oc1cccc2c1CCCC2. The first kappa shape index (κ1) is 19.9. The van der Waals surface area contributed by atoms with Crippen LogP contribution in [0.5, 0.6) is 5.75 Å². The van der Waals surface area contributed by atoms with Gasteiger partial charge in [0.25, 0.3) is 11.8 Å². The molecule has 0 heterocycles. The van der Waals surface area contributed by atoms with Gasteiger partial charge in [0.2, 0.25) is 0 Å². The van der Waals surface area contributed by atoms with E-state index >= 15 is 0 Å². The summed E-state index contributed by atoms with van der Waals surface area (Å²) in [5.41, 5.74) is 3.45. The zero-order chi connectivity index (χ0) is 20.1. The normalized spacial score (nSPS) is 14.1. The summed E-state index contributed by atoms with van der Waals surface area (Å²) in [6.07, 6.45) is 3.71. The molecule has 0 aliphatic heterocycles. The first-order valence-corrected chi connectivity index (χ1v) is 9.94. The van der Waals surface area contributed by atoms with E-state index in [1.807, 2.05) is 26.0 Å². The zero-order valence-corrected chi connectivity index (χ0v) is 16.7. The first-order valence-electron chi connectivity index (χ1n) is 9.94. The second kappa shape index (κ2) is 8.91. The Hall–Kier alpha value is -2.82. The zero-order valence-electron chi connectivity index (χ0n) is 16.7. The van der Waals surface area contributed by atoms with Crippen LogP contribution in [-0.2, 0) is 17.6 Å². The summed E-state index contributed by atoms with van der Waals surface area (Å²) in [5, 5.41) is 5.69. The molecule has 0 spiro atoms. The number of ether oxygens (including phenoxy) is 1. The van der Waals surface area contributed by atoms with Crippen molar-refractivity contribution in [2.45, 2.75) is 58.6 Å². The molecule has 1 atom stereocenters. The predicted molar refractivity (Wildman–Crippen MR) is 111 cm³/mol. The average Bonchev–Trinajstić information content (AvgIpc) is 2.68. The minimum absolute atomic E-state index is 0.0165. The molecule has 0 unspecified atom stereocenters. The lowest BCUT2D eigenvalue weighted by Gasteiger charge is -2.22. The number of amides is 2. The molecule has 1 aliphatic carbocycles. The topological polar surface area (TPSA) is 67.4 Å². The second-order valence-electron chi connectivity index (χ2n) is 7.52. The molecule has 1 aliphatic rings. The van der Waals surface area contributed by atoms with Gasteiger partial charge < -0.3 is 15.4 Å². The standard InChI is InChI=1S/C23H28N2O3/c1-15(2)24-23(27)19-12-6-7-13-20(19)25-22(26)16(3)28-21-14-8-10-17-9-4-5-11-18(17)21/h6-8,10,12-16H,4-5,9,11H2,1-3H3,(H,24,27)(H,25,26)/t16-/m0/s1. The average molecular weight is 380 g/mol. The molecule has 0 aromatic heterocycles. The molecule has 28 heavy (non-hydrogen) atoms. The molecule has 5 heteroatoms. The Bertz CT molecular complexity index is 861. The van der Waals surface area contributed by atoms with Gasteiger partial charge in [-0.25, -0.2) is 0 Å². The van der Waals surface area contributed by atoms with Crippen molar-refractivity contribution < 1.29 is 14.3 Å². The highest BCUT2D eigenvalue weighted by atomic mass is 16.5. The fourth-order valence-corrected chi connectivity index (χ4v) is 3.47. The van der Waals surface area contributed by atoms with Crippen LogP contribution in [0.3, 0.4) is 0 Å². The molecular weight excluding hydrogens is 352 g/mol. The lowest BCUT2D eigenvalue weighted by atomic mass is 9.91. The van der Waals surface area contributed by atoms with E-state index in [9.17, 15) is 9.59 Å². The van der Waals surface area contributed by atoms with Crippen molar-refractivity contribution in [3.8, 4) is 5.75 Å². The van der Waals surface area contributed by atoms with Crippen LogP contribution in [0.15, 0.2) is 42.5 Å². The highest BCUT2D eigenvalue weighted by molar-refractivity contribution is 6.04. The fraction of sp³-hybridized carbons (Fsp3) is 0.391. The van der Waals surface area contributed by atoms with Crippen molar-refractivity contribution in [3.05, 3.63) is 59.2 Å². The number of nitrogens with one attached hydrogen (secondary N) is 2. The van der Waals surface area contributed by atoms with Crippen molar-refractivity contribution in [2.75, 3.05) is 5.32 Å². The minimum atomic E-state index is -0.672. The minimum Gasteiger partial charge on any atom is -0.481 e. The Balaban J connectivity index is 1.71. The lowest BCUT2D eigenvalue weighted by molar-refractivity contribution is -0.122. The van der Waals surface area contributed by atoms with Crippen LogP contribution in [-0.4, -0.2) is 24.0 Å². The number of rotatable bonds is 6. The summed E-state index contributed by atoms with van der Waals surface area (Å²) in [6.45, 7) is 5.53. The van der Waals surface area contributed by atoms with E-state index in [0.717, 1.165) is 25.0 Å². The van der Waals surface area contributed by atoms with Gasteiger partial charge in [-0.1, -0.05) is 24.3 Å². The summed E-state index contributed by atoms with van der Waals surface area (Å²) in [7, 11) is 0. The quantitative estimate of drug-likeness (QED) is 0.792. The van der Waals surface area contributed by atoms with E-state index in [1.54, 1.807) is 31.2 Å². The fourth-order valence-electron chi connectivity index (χ4n) is 3.47. The van der Waals surface area contributed by atoms with Crippen LogP contribution in [0.25, 0.3) is 0 Å². The number of carbonyl (C=O) groups is 2. The molecule has 0 saturated heterocycles. The number of carbonyl (C=O) groups excluding carboxylic acids is 2. The van der Waals surface area contributed by atoms with Gasteiger partial charge in [-0.2, -0.15) is 0 Å². The van der Waals surface area contributed by atoms with E-state index in [4.69, 9.17) is 4.74 Å². The van der Waals surface area contributed by atoms with E-state index in [0.29, 0.717) is 11.3 Å². The number of anilines is 1. The molecular formula is C23H28N2O3. The highest BCUT2D eigenvalue weighted by Crippen LogP contribution is 2.30. The molecule has 2 aromatic carbocycles. The van der Waals surface area contributed by atoms with Crippen LogP contribution in [0.4, 0.5) is 5.69 Å². The maximum atomic E-state index is 12.7. The van der Waals surface area contributed by atoms with Crippen molar-refractivity contribution in [2.24, 2.45) is 0 Å². The smallest absolute Gasteiger partial charge is 0.265 e. The number of hydrogen-bond acceptors (Lipinski definition) is 3. The Morgan fingerprint density at radius 1 is 0.964 bits per heavy atom. The van der Waals surface area contributed by atoms with Gasteiger partial charge in [-0.15, -0.1) is 0 Å². The van der Waals surface area contributed by atoms with Crippen LogP contribution < -0.4 is 15.4 Å². The van der Waals surface area contributed by atoms with Crippen molar-refractivity contribution in [1.29, 1.82) is 0 Å². The van der Waals surface area contributed by atoms with E-state index in [-0.39, 0.29) is 17.9 Å². The van der Waals surface area contributed by atoms with Gasteiger partial charge in [0, 0.05) is 6.04 Å². The van der Waals surface area contributed by atoms with Crippen LogP contribution in [0.2, 0.25) is 0 Å². The van der Waals surface area contributed by atoms with Crippen LogP contribution in [0, 0.1) is 0 Å². The third-order valence-corrected chi connectivity index (χ3v) is 4.88. The maximum absolute atomic E-state index is 12.7. The van der Waals surface area contributed by atoms with Gasteiger partial charge >= 0.3 is 0 Å². The lowest BCUT2D eigenvalue weighted by Crippen LogP contribution is -2.33. The first-order chi connectivity index (χ1) is 13.5. The third-order valence-electron chi connectivity index (χ3n) is 4.88. The molecule has 0 saturated carbocycles. The molecule has 148 valence electrons. The van der Waals surface area contributed by atoms with Gasteiger partial charge in [0.15, 0.2) is 6.10 Å². The molecule has 0 radical (unpaired) electrons. The number of benzene rings is 2. The van der Waals surface area contributed by atoms with E-state index in [2.05, 4.69) is 16.7 Å². The number of aryl methyl sites for hydroxylation is 1. The Morgan fingerprint density at radius 3 is 2.50 bits per heavy atom. The number of hydrogen-bond donors (Lipinski definition) is 2. The maximum Gasteiger partial charge on any atom is 0.265 e. The van der Waals surface area contributed by atoms with Gasteiger partial charge in [0.1, 0.15) is 5.75 Å². The number of para-hydroxylation sites is 1.